The van der Waals surface area contributed by atoms with Gasteiger partial charge in [-0.15, -0.1) is 0 Å². The predicted octanol–water partition coefficient (Wildman–Crippen LogP) is 0.985. The van der Waals surface area contributed by atoms with Crippen molar-refractivity contribution in [3.05, 3.63) is 6.92 Å². The van der Waals surface area contributed by atoms with Crippen molar-refractivity contribution in [3.63, 3.8) is 0 Å². The van der Waals surface area contributed by atoms with Gasteiger partial charge >= 0.3 is 18.9 Å². The van der Waals surface area contributed by atoms with Gasteiger partial charge in [0.2, 0.25) is 0 Å². The third-order valence-corrected chi connectivity index (χ3v) is 2.06. The molecule has 0 spiro atoms. The van der Waals surface area contributed by atoms with Crippen LogP contribution in [0.1, 0.15) is 58.3 Å². The van der Waals surface area contributed by atoms with Crippen molar-refractivity contribution < 1.29 is 18.9 Å². The Morgan fingerprint density at radius 1 is 1.08 bits per heavy atom. The molecule has 0 aromatic heterocycles. The monoisotopic (exact) mass is 175 g/mol. The minimum absolute atomic E-state index is 0. The molecule has 0 aliphatic heterocycles. The molecular formula is C11H22LiN. The van der Waals surface area contributed by atoms with Gasteiger partial charge in [-0.2, -0.15) is 6.42 Å². The maximum Gasteiger partial charge on any atom is 1.00 e. The predicted molar refractivity (Wildman–Crippen MR) is 55.7 cm³/mol. The molecule has 0 unspecified atom stereocenters. The van der Waals surface area contributed by atoms with E-state index in [1.165, 1.54) is 25.7 Å². The molecule has 2 heteroatoms. The zero-order chi connectivity index (χ0) is 9.23. The fraction of sp³-hybridized carbons (Fsp3) is 0.818. The second-order valence-corrected chi connectivity index (χ2v) is 3.37. The largest absolute Gasteiger partial charge is 1.00 e. The van der Waals surface area contributed by atoms with Crippen LogP contribution in [0, 0.1) is 12.3 Å². The first-order chi connectivity index (χ1) is 5.81. The van der Waals surface area contributed by atoms with E-state index in [0.717, 1.165) is 31.4 Å². The SMILES string of the molecule is [CH2-]CCCCC(=N)CCCCC.[Li+]. The zero-order valence-corrected chi connectivity index (χ0v) is 9.36. The quantitative estimate of drug-likeness (QED) is 0.246. The van der Waals surface area contributed by atoms with Crippen molar-refractivity contribution in [1.82, 2.24) is 0 Å². The van der Waals surface area contributed by atoms with Crippen molar-refractivity contribution in [2.45, 2.75) is 58.3 Å². The van der Waals surface area contributed by atoms with Gasteiger partial charge < -0.3 is 12.3 Å². The number of rotatable bonds is 8. The fourth-order valence-electron chi connectivity index (χ4n) is 1.23. The molecule has 0 atom stereocenters. The summed E-state index contributed by atoms with van der Waals surface area (Å²) in [5, 5.41) is 7.63. The summed E-state index contributed by atoms with van der Waals surface area (Å²) in [7, 11) is 0. The molecule has 1 nitrogen and oxygen atoms in total. The molecule has 0 radical (unpaired) electrons. The van der Waals surface area contributed by atoms with E-state index >= 15 is 0 Å². The van der Waals surface area contributed by atoms with Gasteiger partial charge in [0.05, 0.1) is 0 Å². The van der Waals surface area contributed by atoms with Gasteiger partial charge in [0, 0.05) is 5.71 Å². The van der Waals surface area contributed by atoms with E-state index in [2.05, 4.69) is 13.8 Å². The molecule has 0 fully saturated rings. The standard InChI is InChI=1S/C11H22N.Li/c1-3-5-7-9-11(12)10-8-6-4-2;/h12H,1,3-10H2,2H3;/q-1;+1. The van der Waals surface area contributed by atoms with Gasteiger partial charge in [-0.05, 0) is 19.3 Å². The number of unbranched alkanes of at least 4 members (excludes halogenated alkanes) is 4. The van der Waals surface area contributed by atoms with Crippen LogP contribution in [0.15, 0.2) is 0 Å². The molecule has 72 valence electrons. The van der Waals surface area contributed by atoms with Crippen LogP contribution in [0.2, 0.25) is 0 Å². The fourth-order valence-corrected chi connectivity index (χ4v) is 1.23. The molecule has 0 amide bonds. The zero-order valence-electron chi connectivity index (χ0n) is 9.36. The van der Waals surface area contributed by atoms with Gasteiger partial charge in [-0.1, -0.05) is 32.6 Å². The molecule has 0 aliphatic carbocycles. The van der Waals surface area contributed by atoms with E-state index in [1.807, 2.05) is 0 Å². The molecule has 0 rings (SSSR count). The van der Waals surface area contributed by atoms with Crippen molar-refractivity contribution in [2.24, 2.45) is 0 Å². The van der Waals surface area contributed by atoms with Gasteiger partial charge in [-0.3, -0.25) is 0 Å². The van der Waals surface area contributed by atoms with Gasteiger partial charge in [0.15, 0.2) is 0 Å². The molecule has 0 aliphatic rings. The van der Waals surface area contributed by atoms with Crippen LogP contribution in [-0.2, 0) is 0 Å². The van der Waals surface area contributed by atoms with Crippen LogP contribution in [0.25, 0.3) is 0 Å². The van der Waals surface area contributed by atoms with E-state index in [-0.39, 0.29) is 18.9 Å². The molecular weight excluding hydrogens is 153 g/mol. The summed E-state index contributed by atoms with van der Waals surface area (Å²) in [6.45, 7) is 5.99. The van der Waals surface area contributed by atoms with Gasteiger partial charge in [-0.25, -0.2) is 0 Å². The number of hydrogen-bond donors (Lipinski definition) is 1. The minimum Gasteiger partial charge on any atom is -0.343 e. The first-order valence-electron chi connectivity index (χ1n) is 5.16. The Hall–Kier alpha value is 0.267. The van der Waals surface area contributed by atoms with Crippen molar-refractivity contribution in [3.8, 4) is 0 Å². The number of hydrogen-bond acceptors (Lipinski definition) is 1. The molecule has 0 bridgehead atoms. The van der Waals surface area contributed by atoms with Crippen molar-refractivity contribution in [2.75, 3.05) is 0 Å². The van der Waals surface area contributed by atoms with Crippen LogP contribution < -0.4 is 18.9 Å². The van der Waals surface area contributed by atoms with E-state index < -0.39 is 0 Å². The molecule has 1 N–H and O–H groups in total. The second kappa shape index (κ2) is 12.3. The smallest absolute Gasteiger partial charge is 0.343 e. The Labute approximate surface area is 95.4 Å². The Balaban J connectivity index is 0. The average Bonchev–Trinajstić information content (AvgIpc) is 2.06. The first kappa shape index (κ1) is 15.7. The minimum atomic E-state index is 0. The molecule has 0 heterocycles. The van der Waals surface area contributed by atoms with Gasteiger partial charge in [0.25, 0.3) is 0 Å². The number of nitrogens with one attached hydrogen (secondary N) is 1. The normalized spacial score (nSPS) is 9.38. The van der Waals surface area contributed by atoms with Gasteiger partial charge in [0.1, 0.15) is 0 Å². The molecule has 0 saturated heterocycles. The Bertz CT molecular complexity index is 101. The molecule has 0 aromatic carbocycles. The third kappa shape index (κ3) is 12.3. The van der Waals surface area contributed by atoms with Crippen LogP contribution in [0.5, 0.6) is 0 Å². The summed E-state index contributed by atoms with van der Waals surface area (Å²) in [4.78, 5) is 0. The first-order valence-corrected chi connectivity index (χ1v) is 5.16. The second-order valence-electron chi connectivity index (χ2n) is 3.37. The van der Waals surface area contributed by atoms with Crippen LogP contribution in [-0.4, -0.2) is 5.71 Å². The summed E-state index contributed by atoms with van der Waals surface area (Å²) < 4.78 is 0. The summed E-state index contributed by atoms with van der Waals surface area (Å²) in [6.07, 6.45) is 9.11. The maximum atomic E-state index is 7.63. The van der Waals surface area contributed by atoms with Crippen LogP contribution in [0.4, 0.5) is 0 Å². The van der Waals surface area contributed by atoms with Crippen LogP contribution in [0.3, 0.4) is 0 Å². The third-order valence-electron chi connectivity index (χ3n) is 2.06. The van der Waals surface area contributed by atoms with E-state index in [0.29, 0.717) is 0 Å². The average molecular weight is 175 g/mol. The van der Waals surface area contributed by atoms with Crippen molar-refractivity contribution >= 4 is 5.71 Å². The molecule has 0 aromatic rings. The Kier molecular flexibility index (Phi) is 14.8. The summed E-state index contributed by atoms with van der Waals surface area (Å²) >= 11 is 0. The Morgan fingerprint density at radius 3 is 2.08 bits per heavy atom. The molecule has 0 saturated carbocycles. The summed E-state index contributed by atoms with van der Waals surface area (Å²) in [5.74, 6) is 0. The van der Waals surface area contributed by atoms with Crippen molar-refractivity contribution in [1.29, 1.82) is 5.41 Å². The van der Waals surface area contributed by atoms with Crippen LogP contribution >= 0.6 is 0 Å². The van der Waals surface area contributed by atoms with E-state index in [4.69, 9.17) is 5.41 Å². The molecule has 13 heavy (non-hydrogen) atoms. The van der Waals surface area contributed by atoms with E-state index in [1.54, 1.807) is 0 Å². The van der Waals surface area contributed by atoms with E-state index in [9.17, 15) is 0 Å². The maximum absolute atomic E-state index is 7.63. The summed E-state index contributed by atoms with van der Waals surface area (Å²) in [5.41, 5.74) is 0.942. The Morgan fingerprint density at radius 2 is 1.62 bits per heavy atom. The summed E-state index contributed by atoms with van der Waals surface area (Å²) in [6, 6.07) is 0. The topological polar surface area (TPSA) is 23.9 Å².